The molecule has 0 saturated carbocycles. The highest BCUT2D eigenvalue weighted by molar-refractivity contribution is 8.32. The summed E-state index contributed by atoms with van der Waals surface area (Å²) in [5, 5.41) is 0. The molecule has 0 aromatic heterocycles. The molecule has 0 amide bonds. The number of rotatable bonds is 12. The van der Waals surface area contributed by atoms with Gasteiger partial charge >= 0.3 is 22.1 Å². The van der Waals surface area contributed by atoms with E-state index in [2.05, 4.69) is 0 Å². The Morgan fingerprint density at radius 2 is 1.00 bits per heavy atom. The Balaban J connectivity index is 1.80. The van der Waals surface area contributed by atoms with Crippen LogP contribution in [0.5, 0.6) is 11.5 Å². The van der Waals surface area contributed by atoms with Crippen LogP contribution in [0.4, 0.5) is 0 Å². The van der Waals surface area contributed by atoms with Crippen LogP contribution in [0.15, 0.2) is 117 Å². The third-order valence-electron chi connectivity index (χ3n) is 6.74. The predicted molar refractivity (Wildman–Crippen MR) is 190 cm³/mol. The fraction of sp³-hybridized carbons (Fsp3) is 0.316. The maximum atomic E-state index is 14.2. The number of carbonyl (C=O) groups is 2. The molecule has 0 saturated heterocycles. The summed E-state index contributed by atoms with van der Waals surface area (Å²) in [6.07, 6.45) is 0. The Kier molecular flexibility index (Phi) is 11.5. The van der Waals surface area contributed by atoms with Crippen molar-refractivity contribution in [3.63, 3.8) is 0 Å². The van der Waals surface area contributed by atoms with Gasteiger partial charge in [-0.25, -0.2) is 9.59 Å². The summed E-state index contributed by atoms with van der Waals surface area (Å²) in [6, 6.07) is 28.0. The van der Waals surface area contributed by atoms with Gasteiger partial charge in [0, 0.05) is 0 Å². The number of carbonyl (C=O) groups excluding carboxylic acids is 2. The predicted octanol–water partition coefficient (Wildman–Crippen LogP) is 8.42. The van der Waals surface area contributed by atoms with Gasteiger partial charge in [0.05, 0.1) is 25.0 Å². The minimum Gasteiger partial charge on any atom is -0.482 e. The molecule has 262 valence electrons. The molecular weight excluding hydrogens is 665 g/mol. The molecule has 0 aliphatic heterocycles. The first-order valence-corrected chi connectivity index (χ1v) is 18.7. The smallest absolute Gasteiger partial charge is 0.422 e. The van der Waals surface area contributed by atoms with Gasteiger partial charge in [-0.3, -0.25) is 3.63 Å². The number of benzene rings is 4. The largest absolute Gasteiger partial charge is 0.482 e. The van der Waals surface area contributed by atoms with Gasteiger partial charge in [0.2, 0.25) is 0 Å². The quantitative estimate of drug-likeness (QED) is 0.0818. The average Bonchev–Trinajstić information content (AvgIpc) is 3.01. The number of ether oxygens (including phenoxy) is 4. The number of hydrogen-bond acceptors (Lipinski definition) is 8. The maximum Gasteiger partial charge on any atom is 0.422 e. The molecule has 0 aliphatic carbocycles. The van der Waals surface area contributed by atoms with Crippen molar-refractivity contribution in [2.24, 2.45) is 0 Å². The summed E-state index contributed by atoms with van der Waals surface area (Å²) in [4.78, 5) is 26.5. The lowest BCUT2D eigenvalue weighted by atomic mass is 10.2. The summed E-state index contributed by atoms with van der Waals surface area (Å²) >= 11 is 0. The molecule has 0 spiro atoms. The third kappa shape index (κ3) is 10.3. The van der Waals surface area contributed by atoms with Crippen molar-refractivity contribution in [1.29, 1.82) is 0 Å². The molecule has 11 heteroatoms. The highest BCUT2D eigenvalue weighted by Gasteiger charge is 2.44. The van der Waals surface area contributed by atoms with Gasteiger partial charge in [-0.05, 0) is 134 Å². The van der Waals surface area contributed by atoms with E-state index in [9.17, 15) is 18.0 Å². The molecule has 0 radical (unpaired) electrons. The van der Waals surface area contributed by atoms with E-state index in [4.69, 9.17) is 22.6 Å². The Morgan fingerprint density at radius 3 is 1.41 bits per heavy atom. The van der Waals surface area contributed by atoms with Crippen LogP contribution in [0.3, 0.4) is 0 Å². The molecule has 0 bridgehead atoms. The molecule has 4 rings (SSSR count). The van der Waals surface area contributed by atoms with Crippen LogP contribution in [0.25, 0.3) is 0 Å². The van der Waals surface area contributed by atoms with Gasteiger partial charge in [-0.2, -0.15) is 0 Å². The van der Waals surface area contributed by atoms with Crippen LogP contribution in [-0.4, -0.2) is 48.4 Å². The second kappa shape index (κ2) is 15.1. The van der Waals surface area contributed by atoms with E-state index in [-0.39, 0.29) is 18.1 Å². The summed E-state index contributed by atoms with van der Waals surface area (Å²) in [5.74, 6) is -0.215. The Hall–Kier alpha value is -4.32. The van der Waals surface area contributed by atoms with Crippen molar-refractivity contribution < 1.29 is 40.6 Å². The first-order valence-electron chi connectivity index (χ1n) is 15.7. The number of aryl methyl sites for hydroxylation is 2. The van der Waals surface area contributed by atoms with Gasteiger partial charge in [-0.15, -0.1) is 8.42 Å². The minimum atomic E-state index is -4.21. The van der Waals surface area contributed by atoms with E-state index >= 15 is 0 Å². The highest BCUT2D eigenvalue weighted by atomic mass is 32.3. The first-order chi connectivity index (χ1) is 22.9. The normalized spacial score (nSPS) is 12.6. The highest BCUT2D eigenvalue weighted by Crippen LogP contribution is 2.69. The van der Waals surface area contributed by atoms with E-state index in [1.54, 1.807) is 114 Å². The molecular formula is C38H45O9S2+. The Labute approximate surface area is 291 Å². The van der Waals surface area contributed by atoms with E-state index in [1.165, 1.54) is 0 Å². The molecule has 49 heavy (non-hydrogen) atoms. The molecule has 0 heterocycles. The Morgan fingerprint density at radius 1 is 0.571 bits per heavy atom. The Bertz CT molecular complexity index is 1780. The van der Waals surface area contributed by atoms with Gasteiger partial charge in [0.15, 0.2) is 13.2 Å². The van der Waals surface area contributed by atoms with Gasteiger partial charge in [-0.1, -0.05) is 29.8 Å². The zero-order valence-corrected chi connectivity index (χ0v) is 30.8. The van der Waals surface area contributed by atoms with E-state index < -0.39 is 43.6 Å². The number of hydrogen-bond donors (Lipinski definition) is 0. The summed E-state index contributed by atoms with van der Waals surface area (Å²) in [6.45, 7) is 13.9. The number of esters is 2. The van der Waals surface area contributed by atoms with Crippen molar-refractivity contribution in [2.45, 2.75) is 86.2 Å². The van der Waals surface area contributed by atoms with Crippen molar-refractivity contribution in [2.75, 3.05) is 13.2 Å². The molecule has 0 fully saturated rings. The molecule has 4 aromatic carbocycles. The van der Waals surface area contributed by atoms with Crippen LogP contribution in [0, 0.1) is 13.8 Å². The van der Waals surface area contributed by atoms with Crippen molar-refractivity contribution in [3.05, 3.63) is 108 Å². The molecule has 0 atom stereocenters. The molecule has 1 N–H and O–H groups in total. The topological polar surface area (TPSA) is 118 Å². The third-order valence-corrected chi connectivity index (χ3v) is 12.1. The fourth-order valence-electron chi connectivity index (χ4n) is 4.73. The van der Waals surface area contributed by atoms with Crippen LogP contribution in [0.1, 0.15) is 52.7 Å². The molecule has 9 nitrogen and oxygen atoms in total. The zero-order valence-electron chi connectivity index (χ0n) is 29.2. The lowest BCUT2D eigenvalue weighted by Gasteiger charge is -2.35. The molecule has 4 aromatic rings. The lowest BCUT2D eigenvalue weighted by Crippen LogP contribution is -2.27. The minimum absolute atomic E-state index is 0.0669. The lowest BCUT2D eigenvalue weighted by molar-refractivity contribution is -0.158. The average molecular weight is 710 g/mol. The van der Waals surface area contributed by atoms with Gasteiger partial charge in [0.25, 0.3) is 0 Å². The summed E-state index contributed by atoms with van der Waals surface area (Å²) in [7, 11) is -7.09. The fourth-order valence-corrected chi connectivity index (χ4v) is 10.3. The first kappa shape index (κ1) is 37.5. The SMILES string of the molecule is Cc1ccc(S(=O)(=O)[OH+]S(c2ccc(OCC(=O)OC(C)(C)C)cc2)(c2ccc(OCC(=O)OC(C)(C)C)cc2)c2cccc(C)c2)cc1. The second-order valence-corrected chi connectivity index (χ2v) is 18.0. The summed E-state index contributed by atoms with van der Waals surface area (Å²) < 4.78 is 55.3. The van der Waals surface area contributed by atoms with Crippen LogP contribution < -0.4 is 9.47 Å². The maximum absolute atomic E-state index is 14.2. The monoisotopic (exact) mass is 709 g/mol. The van der Waals surface area contributed by atoms with E-state index in [0.29, 0.717) is 26.2 Å². The molecule has 0 unspecified atom stereocenters. The van der Waals surface area contributed by atoms with Crippen molar-refractivity contribution in [1.82, 2.24) is 0 Å². The second-order valence-electron chi connectivity index (χ2n) is 13.5. The van der Waals surface area contributed by atoms with Crippen molar-refractivity contribution in [3.8, 4) is 11.5 Å². The molecule has 0 aliphatic rings. The summed E-state index contributed by atoms with van der Waals surface area (Å²) in [5.41, 5.74) is 0.538. The van der Waals surface area contributed by atoms with Crippen LogP contribution in [-0.2, 0) is 29.2 Å². The van der Waals surface area contributed by atoms with E-state index in [1.807, 2.05) is 38.1 Å². The van der Waals surface area contributed by atoms with E-state index in [0.717, 1.165) is 11.1 Å². The standard InChI is InChI=1S/C38H44O9S2/c1-27-12-18-33(19-13-27)49(41,42)47-48(34-11-9-10-28(2)24-34,31-20-14-29(15-21-31)43-25-35(39)45-37(3,4)5)32-22-16-30(17-23-32)44-26-36(40)46-38(6,7)8/h9-24H,25-26H2,1-8H3/p+1. The van der Waals surface area contributed by atoms with Crippen LogP contribution >= 0.6 is 10.3 Å². The van der Waals surface area contributed by atoms with Gasteiger partial charge < -0.3 is 18.9 Å². The van der Waals surface area contributed by atoms with Crippen LogP contribution in [0.2, 0.25) is 0 Å². The zero-order chi connectivity index (χ0) is 36.0. The van der Waals surface area contributed by atoms with Crippen molar-refractivity contribution >= 4 is 32.4 Å². The van der Waals surface area contributed by atoms with Gasteiger partial charge in [0.1, 0.15) is 27.6 Å².